The molecule has 0 fully saturated rings. The summed E-state index contributed by atoms with van der Waals surface area (Å²) in [4.78, 5) is 17.6. The summed E-state index contributed by atoms with van der Waals surface area (Å²) in [7, 11) is 0. The third-order valence-corrected chi connectivity index (χ3v) is 4.71. The molecule has 1 aromatic heterocycles. The van der Waals surface area contributed by atoms with E-state index in [-0.39, 0.29) is 12.0 Å². The molecule has 0 aliphatic heterocycles. The third-order valence-electron chi connectivity index (χ3n) is 4.71. The van der Waals surface area contributed by atoms with Crippen LogP contribution in [0.4, 0.5) is 5.69 Å². The van der Waals surface area contributed by atoms with Crippen molar-refractivity contribution < 1.29 is 14.3 Å². The van der Waals surface area contributed by atoms with Crippen LogP contribution in [0.5, 0.6) is 5.75 Å². The summed E-state index contributed by atoms with van der Waals surface area (Å²) < 4.78 is 11.9. The zero-order chi connectivity index (χ0) is 20.6. The molecule has 1 N–H and O–H groups in total. The predicted octanol–water partition coefficient (Wildman–Crippen LogP) is 5.73. The molecule has 154 valence electrons. The van der Waals surface area contributed by atoms with Crippen LogP contribution < -0.4 is 10.1 Å². The van der Waals surface area contributed by atoms with Crippen LogP contribution in [0.2, 0.25) is 0 Å². The van der Waals surface area contributed by atoms with Crippen LogP contribution in [0.1, 0.15) is 66.7 Å². The van der Waals surface area contributed by atoms with E-state index in [0.717, 1.165) is 48.0 Å². The average molecular weight is 387 g/mol. The molecule has 1 aromatic carbocycles. The standard InChI is InChI=1S/C23H34N2O3/c1-6-8-9-14-23(5,27-16-7-2)22(26)25-19-12-13-20(28-17(3)4)21-18(19)11-10-15-24-21/h10-13,15,17H,6-9,14,16H2,1-5H3,(H,25,26)/t23-/m1/s1. The molecule has 2 rings (SSSR count). The number of aromatic nitrogens is 1. The molecule has 2 aromatic rings. The van der Waals surface area contributed by atoms with Gasteiger partial charge >= 0.3 is 0 Å². The molecule has 1 atom stereocenters. The van der Waals surface area contributed by atoms with E-state index in [0.29, 0.717) is 13.0 Å². The minimum absolute atomic E-state index is 0.0509. The van der Waals surface area contributed by atoms with Gasteiger partial charge in [-0.15, -0.1) is 0 Å². The molecule has 28 heavy (non-hydrogen) atoms. The molecule has 0 radical (unpaired) electrons. The Balaban J connectivity index is 2.29. The number of hydrogen-bond acceptors (Lipinski definition) is 4. The van der Waals surface area contributed by atoms with E-state index in [4.69, 9.17) is 9.47 Å². The van der Waals surface area contributed by atoms with Crippen molar-refractivity contribution in [3.05, 3.63) is 30.5 Å². The van der Waals surface area contributed by atoms with Gasteiger partial charge in [0.25, 0.3) is 5.91 Å². The van der Waals surface area contributed by atoms with Crippen molar-refractivity contribution in [3.8, 4) is 5.75 Å². The SMILES string of the molecule is CCCCC[C@@](C)(OCCC)C(=O)Nc1ccc(OC(C)C)c2ncccc12. The highest BCUT2D eigenvalue weighted by atomic mass is 16.5. The van der Waals surface area contributed by atoms with Gasteiger partial charge in [-0.3, -0.25) is 9.78 Å². The Bertz CT molecular complexity index is 776. The maximum absolute atomic E-state index is 13.2. The first-order chi connectivity index (χ1) is 13.4. The summed E-state index contributed by atoms with van der Waals surface area (Å²) in [5, 5.41) is 3.94. The first-order valence-electron chi connectivity index (χ1n) is 10.4. The van der Waals surface area contributed by atoms with Gasteiger partial charge in [0.1, 0.15) is 16.9 Å². The molecule has 0 aliphatic carbocycles. The highest BCUT2D eigenvalue weighted by Gasteiger charge is 2.34. The topological polar surface area (TPSA) is 60.5 Å². The number of ether oxygens (including phenoxy) is 2. The zero-order valence-corrected chi connectivity index (χ0v) is 17.9. The lowest BCUT2D eigenvalue weighted by molar-refractivity contribution is -0.140. The fraction of sp³-hybridized carbons (Fsp3) is 0.565. The van der Waals surface area contributed by atoms with E-state index < -0.39 is 5.60 Å². The Hall–Kier alpha value is -2.14. The second-order valence-corrected chi connectivity index (χ2v) is 7.67. The first kappa shape index (κ1) is 22.2. The van der Waals surface area contributed by atoms with E-state index in [9.17, 15) is 4.79 Å². The summed E-state index contributed by atoms with van der Waals surface area (Å²) in [6.45, 7) is 10.6. The Morgan fingerprint density at radius 2 is 1.96 bits per heavy atom. The fourth-order valence-electron chi connectivity index (χ4n) is 3.15. The number of unbranched alkanes of at least 4 members (excludes halogenated alkanes) is 2. The van der Waals surface area contributed by atoms with Gasteiger partial charge in [-0.05, 0) is 57.9 Å². The second-order valence-electron chi connectivity index (χ2n) is 7.67. The van der Waals surface area contributed by atoms with E-state index in [1.807, 2.05) is 45.0 Å². The van der Waals surface area contributed by atoms with Crippen LogP contribution in [0.25, 0.3) is 10.9 Å². The summed E-state index contributed by atoms with van der Waals surface area (Å²) >= 11 is 0. The fourth-order valence-corrected chi connectivity index (χ4v) is 3.15. The number of fused-ring (bicyclic) bond motifs is 1. The number of nitrogens with one attached hydrogen (secondary N) is 1. The van der Waals surface area contributed by atoms with Crippen molar-refractivity contribution in [3.63, 3.8) is 0 Å². The molecular formula is C23H34N2O3. The number of hydrogen-bond donors (Lipinski definition) is 1. The minimum Gasteiger partial charge on any atom is -0.489 e. The van der Waals surface area contributed by atoms with Crippen molar-refractivity contribution >= 4 is 22.5 Å². The maximum Gasteiger partial charge on any atom is 0.256 e. The highest BCUT2D eigenvalue weighted by molar-refractivity contribution is 6.05. The number of anilines is 1. The van der Waals surface area contributed by atoms with E-state index in [1.165, 1.54) is 0 Å². The van der Waals surface area contributed by atoms with Crippen molar-refractivity contribution in [2.45, 2.75) is 78.4 Å². The summed E-state index contributed by atoms with van der Waals surface area (Å²) in [6, 6.07) is 7.57. The summed E-state index contributed by atoms with van der Waals surface area (Å²) in [6.07, 6.45) is 6.54. The third kappa shape index (κ3) is 5.68. The van der Waals surface area contributed by atoms with E-state index in [2.05, 4.69) is 24.1 Å². The molecule has 0 unspecified atom stereocenters. The maximum atomic E-state index is 13.2. The van der Waals surface area contributed by atoms with Gasteiger partial charge in [-0.1, -0.05) is 33.1 Å². The van der Waals surface area contributed by atoms with E-state index in [1.54, 1.807) is 6.20 Å². The van der Waals surface area contributed by atoms with Crippen LogP contribution in [0.3, 0.4) is 0 Å². The van der Waals surface area contributed by atoms with Gasteiger partial charge in [-0.25, -0.2) is 0 Å². The van der Waals surface area contributed by atoms with Crippen molar-refractivity contribution in [2.75, 3.05) is 11.9 Å². The molecule has 0 aliphatic rings. The monoisotopic (exact) mass is 386 g/mol. The van der Waals surface area contributed by atoms with Crippen molar-refractivity contribution in [1.82, 2.24) is 4.98 Å². The molecule has 1 amide bonds. The number of pyridine rings is 1. The summed E-state index contributed by atoms with van der Waals surface area (Å²) in [5.74, 6) is 0.608. The Morgan fingerprint density at radius 1 is 1.18 bits per heavy atom. The van der Waals surface area contributed by atoms with E-state index >= 15 is 0 Å². The van der Waals surface area contributed by atoms with Gasteiger partial charge in [0.2, 0.25) is 0 Å². The number of carbonyl (C=O) groups is 1. The van der Waals surface area contributed by atoms with Gasteiger partial charge in [0.05, 0.1) is 11.8 Å². The van der Waals surface area contributed by atoms with Crippen LogP contribution in [0, 0.1) is 0 Å². The van der Waals surface area contributed by atoms with Crippen LogP contribution in [-0.4, -0.2) is 29.2 Å². The molecule has 0 saturated heterocycles. The lowest BCUT2D eigenvalue weighted by atomic mass is 9.96. The van der Waals surface area contributed by atoms with Gasteiger partial charge in [0, 0.05) is 18.2 Å². The highest BCUT2D eigenvalue weighted by Crippen LogP contribution is 2.32. The molecular weight excluding hydrogens is 352 g/mol. The molecule has 0 spiro atoms. The quantitative estimate of drug-likeness (QED) is 0.501. The molecule has 0 bridgehead atoms. The Labute approximate surface area is 168 Å². The number of nitrogens with zero attached hydrogens (tertiary/aromatic N) is 1. The van der Waals surface area contributed by atoms with Gasteiger partial charge in [-0.2, -0.15) is 0 Å². The molecule has 1 heterocycles. The van der Waals surface area contributed by atoms with Crippen molar-refractivity contribution in [1.29, 1.82) is 0 Å². The zero-order valence-electron chi connectivity index (χ0n) is 17.9. The van der Waals surface area contributed by atoms with Gasteiger partial charge in [0.15, 0.2) is 0 Å². The number of rotatable bonds is 11. The Kier molecular flexibility index (Phi) is 8.24. The largest absolute Gasteiger partial charge is 0.489 e. The van der Waals surface area contributed by atoms with Crippen LogP contribution >= 0.6 is 0 Å². The predicted molar refractivity (Wildman–Crippen MR) is 115 cm³/mol. The number of benzene rings is 1. The molecule has 5 nitrogen and oxygen atoms in total. The van der Waals surface area contributed by atoms with Crippen LogP contribution in [-0.2, 0) is 9.53 Å². The smallest absolute Gasteiger partial charge is 0.256 e. The lowest BCUT2D eigenvalue weighted by Gasteiger charge is -2.29. The average Bonchev–Trinajstić information content (AvgIpc) is 2.68. The molecule has 5 heteroatoms. The van der Waals surface area contributed by atoms with Gasteiger partial charge < -0.3 is 14.8 Å². The number of amides is 1. The molecule has 0 saturated carbocycles. The Morgan fingerprint density at radius 3 is 2.64 bits per heavy atom. The normalized spacial score (nSPS) is 13.5. The number of carbonyl (C=O) groups excluding carboxylic acids is 1. The second kappa shape index (κ2) is 10.4. The van der Waals surface area contributed by atoms with Crippen LogP contribution in [0.15, 0.2) is 30.5 Å². The minimum atomic E-state index is -0.840. The summed E-state index contributed by atoms with van der Waals surface area (Å²) in [5.41, 5.74) is 0.634. The van der Waals surface area contributed by atoms with Crippen molar-refractivity contribution in [2.24, 2.45) is 0 Å². The first-order valence-corrected chi connectivity index (χ1v) is 10.4. The lowest BCUT2D eigenvalue weighted by Crippen LogP contribution is -2.43.